The Morgan fingerprint density at radius 3 is 1.82 bits per heavy atom. The highest BCUT2D eigenvalue weighted by Crippen LogP contribution is 2.46. The van der Waals surface area contributed by atoms with Crippen molar-refractivity contribution in [3.63, 3.8) is 0 Å². The van der Waals surface area contributed by atoms with Crippen LogP contribution in [-0.2, 0) is 19.7 Å². The van der Waals surface area contributed by atoms with E-state index in [0.717, 1.165) is 12.3 Å². The third-order valence-electron chi connectivity index (χ3n) is 5.93. The van der Waals surface area contributed by atoms with E-state index in [-0.39, 0.29) is 5.41 Å². The summed E-state index contributed by atoms with van der Waals surface area (Å²) in [5.74, 6) is 0.693. The summed E-state index contributed by atoms with van der Waals surface area (Å²) in [5.41, 5.74) is 5.85. The molecular weight excluding hydrogens is 422 g/mol. The van der Waals surface area contributed by atoms with Crippen LogP contribution in [0.25, 0.3) is 0 Å². The van der Waals surface area contributed by atoms with E-state index < -0.39 is 0 Å². The van der Waals surface area contributed by atoms with Crippen LogP contribution in [0.2, 0.25) is 0 Å². The lowest BCUT2D eigenvalue weighted by Crippen LogP contribution is -2.29. The molecule has 3 aromatic carbocycles. The molecular formula is C30H41NO3. The highest BCUT2D eigenvalue weighted by molar-refractivity contribution is 5.46. The van der Waals surface area contributed by atoms with Crippen LogP contribution in [0.5, 0.6) is 0 Å². The van der Waals surface area contributed by atoms with E-state index in [1.807, 2.05) is 57.9 Å². The molecule has 0 saturated heterocycles. The van der Waals surface area contributed by atoms with Crippen molar-refractivity contribution in [3.05, 3.63) is 102 Å². The van der Waals surface area contributed by atoms with Gasteiger partial charge >= 0.3 is 0 Å². The number of methoxy groups -OCH3 is 1. The molecule has 0 fully saturated rings. The molecule has 0 aliphatic heterocycles. The van der Waals surface area contributed by atoms with Crippen LogP contribution in [0.3, 0.4) is 0 Å². The predicted molar refractivity (Wildman–Crippen MR) is 145 cm³/mol. The summed E-state index contributed by atoms with van der Waals surface area (Å²) in [7, 11) is 3.59. The second-order valence-corrected chi connectivity index (χ2v) is 7.92. The number of nitrogens with one attached hydrogen (secondary N) is 1. The topological polar surface area (TPSA) is 55.4 Å². The number of anilines is 1. The molecule has 0 saturated carbocycles. The summed E-state index contributed by atoms with van der Waals surface area (Å²) in [6.07, 6.45) is 2.53. The van der Waals surface area contributed by atoms with Gasteiger partial charge in [-0.1, -0.05) is 86.6 Å². The number of carbonyl (C=O) groups excluding carboxylic acids is 2. The van der Waals surface area contributed by atoms with Gasteiger partial charge in [-0.2, -0.15) is 0 Å². The van der Waals surface area contributed by atoms with E-state index in [1.165, 1.54) is 29.5 Å². The smallest absolute Gasteiger partial charge is 0.106 e. The van der Waals surface area contributed by atoms with Crippen LogP contribution in [0, 0.1) is 0 Å². The van der Waals surface area contributed by atoms with Crippen LogP contribution in [-0.4, -0.2) is 34.3 Å². The molecule has 0 spiro atoms. The van der Waals surface area contributed by atoms with Gasteiger partial charge in [0.2, 0.25) is 0 Å². The van der Waals surface area contributed by atoms with Crippen molar-refractivity contribution < 1.29 is 14.3 Å². The molecule has 3 aromatic rings. The van der Waals surface area contributed by atoms with Crippen LogP contribution < -0.4 is 5.32 Å². The highest BCUT2D eigenvalue weighted by Gasteiger charge is 2.35. The van der Waals surface area contributed by atoms with Crippen LogP contribution in [0.1, 0.15) is 56.2 Å². The lowest BCUT2D eigenvalue weighted by Gasteiger charge is -2.39. The van der Waals surface area contributed by atoms with Gasteiger partial charge in [0.25, 0.3) is 0 Å². The third kappa shape index (κ3) is 9.32. The molecule has 2 unspecified atom stereocenters. The number of hydrogen-bond donors (Lipinski definition) is 1. The molecule has 1 aliphatic rings. The van der Waals surface area contributed by atoms with E-state index >= 15 is 0 Å². The van der Waals surface area contributed by atoms with E-state index in [2.05, 4.69) is 78.5 Å². The van der Waals surface area contributed by atoms with Crippen LogP contribution in [0.15, 0.2) is 84.9 Å². The van der Waals surface area contributed by atoms with Crippen molar-refractivity contribution in [3.8, 4) is 0 Å². The summed E-state index contributed by atoms with van der Waals surface area (Å²) in [6.45, 7) is 11.5. The van der Waals surface area contributed by atoms with Crippen molar-refractivity contribution in [1.29, 1.82) is 0 Å². The number of ether oxygens (including phenoxy) is 1. The van der Waals surface area contributed by atoms with E-state index in [9.17, 15) is 0 Å². The maximum Gasteiger partial charge on any atom is 0.106 e. The molecule has 0 heterocycles. The Labute approximate surface area is 206 Å². The zero-order valence-corrected chi connectivity index (χ0v) is 21.4. The molecule has 2 atom stereocenters. The summed E-state index contributed by atoms with van der Waals surface area (Å²) in [6, 6.07) is 30.0. The fourth-order valence-corrected chi connectivity index (χ4v) is 3.94. The fourth-order valence-electron chi connectivity index (χ4n) is 3.94. The maximum absolute atomic E-state index is 8.00. The Balaban J connectivity index is 0.000000568. The second kappa shape index (κ2) is 18.2. The molecule has 1 aliphatic carbocycles. The molecule has 0 bridgehead atoms. The number of carbonyl (C=O) groups is 2. The first kappa shape index (κ1) is 30.8. The molecule has 0 amide bonds. The van der Waals surface area contributed by atoms with Crippen LogP contribution in [0.4, 0.5) is 5.69 Å². The summed E-state index contributed by atoms with van der Waals surface area (Å²) < 4.78 is 4.54. The highest BCUT2D eigenvalue weighted by atomic mass is 16.5. The van der Waals surface area contributed by atoms with E-state index in [1.54, 1.807) is 7.11 Å². The standard InChI is InChI=1S/C18H20.C7H9N.C3H8O.2CH2O/c1-14-12-13-18(2,15-8-4-3-5-9-15)17-11-7-6-10-16(14)17;1-8-7-5-3-2-4-6-7;1-3-4-2;2*1-2/h3-11,14H,12-13H2,1-2H3;2-6,8H,1H3;3H2,1-2H3;2*1H2. The molecule has 4 rings (SSSR count). The van der Waals surface area contributed by atoms with Gasteiger partial charge in [-0.3, -0.25) is 0 Å². The minimum absolute atomic E-state index is 0.185. The molecule has 4 nitrogen and oxygen atoms in total. The van der Waals surface area contributed by atoms with Crippen molar-refractivity contribution in [2.24, 2.45) is 0 Å². The lowest BCUT2D eigenvalue weighted by atomic mass is 9.65. The first-order chi connectivity index (χ1) is 16.6. The van der Waals surface area contributed by atoms with Crippen molar-refractivity contribution in [1.82, 2.24) is 0 Å². The van der Waals surface area contributed by atoms with Crippen molar-refractivity contribution in [2.45, 2.75) is 44.9 Å². The summed E-state index contributed by atoms with van der Waals surface area (Å²) in [4.78, 5) is 16.0. The van der Waals surface area contributed by atoms with Gasteiger partial charge in [-0.25, -0.2) is 0 Å². The largest absolute Gasteiger partial charge is 0.388 e. The van der Waals surface area contributed by atoms with Crippen molar-refractivity contribution >= 4 is 19.3 Å². The molecule has 0 radical (unpaired) electrons. The average molecular weight is 464 g/mol. The van der Waals surface area contributed by atoms with Gasteiger partial charge in [0.05, 0.1) is 0 Å². The zero-order chi connectivity index (χ0) is 25.8. The monoisotopic (exact) mass is 463 g/mol. The molecule has 34 heavy (non-hydrogen) atoms. The minimum Gasteiger partial charge on any atom is -0.388 e. The number of para-hydroxylation sites is 1. The number of benzene rings is 3. The average Bonchev–Trinajstić information content (AvgIpc) is 2.94. The molecule has 0 aromatic heterocycles. The Kier molecular flexibility index (Phi) is 16.5. The molecule has 184 valence electrons. The van der Waals surface area contributed by atoms with Crippen molar-refractivity contribution in [2.75, 3.05) is 26.1 Å². The van der Waals surface area contributed by atoms with Gasteiger partial charge in [0.15, 0.2) is 0 Å². The van der Waals surface area contributed by atoms with Gasteiger partial charge in [0, 0.05) is 31.9 Å². The Morgan fingerprint density at radius 2 is 1.35 bits per heavy atom. The normalized spacial score (nSPS) is 17.3. The van der Waals surface area contributed by atoms with Gasteiger partial charge in [-0.05, 0) is 54.5 Å². The summed E-state index contributed by atoms with van der Waals surface area (Å²) in [5, 5.41) is 3.03. The van der Waals surface area contributed by atoms with Gasteiger partial charge in [-0.15, -0.1) is 0 Å². The Bertz CT molecular complexity index is 882. The number of rotatable bonds is 3. The number of fused-ring (bicyclic) bond motifs is 1. The Morgan fingerprint density at radius 1 is 0.882 bits per heavy atom. The molecule has 1 N–H and O–H groups in total. The second-order valence-electron chi connectivity index (χ2n) is 7.92. The summed E-state index contributed by atoms with van der Waals surface area (Å²) >= 11 is 0. The van der Waals surface area contributed by atoms with Gasteiger partial charge < -0.3 is 19.6 Å². The number of hydrogen-bond acceptors (Lipinski definition) is 4. The maximum atomic E-state index is 8.00. The molecule has 4 heteroatoms. The predicted octanol–water partition coefficient (Wildman–Crippen LogP) is 6.90. The van der Waals surface area contributed by atoms with Gasteiger partial charge in [0.1, 0.15) is 13.6 Å². The first-order valence-corrected chi connectivity index (χ1v) is 11.5. The lowest BCUT2D eigenvalue weighted by molar-refractivity contribution is -0.0987. The van der Waals surface area contributed by atoms with E-state index in [4.69, 9.17) is 9.59 Å². The fraction of sp³-hybridized carbons (Fsp3) is 0.333. The SMILES string of the molecule is C=O.C=O.CC1CCC(C)(c2ccccc2)c2ccccc21.CCOC.CNc1ccccc1. The van der Waals surface area contributed by atoms with Crippen LogP contribution >= 0.6 is 0 Å². The minimum atomic E-state index is 0.185. The first-order valence-electron chi connectivity index (χ1n) is 11.5. The quantitative estimate of drug-likeness (QED) is 0.459. The Hall–Kier alpha value is -3.24. The zero-order valence-electron chi connectivity index (χ0n) is 21.4. The third-order valence-corrected chi connectivity index (χ3v) is 5.93. The van der Waals surface area contributed by atoms with E-state index in [0.29, 0.717) is 5.92 Å².